The van der Waals surface area contributed by atoms with Crippen LogP contribution in [0.3, 0.4) is 0 Å². The first-order valence-electron chi connectivity index (χ1n) is 33.8. The van der Waals surface area contributed by atoms with Crippen LogP contribution in [0, 0.1) is 0 Å². The molecule has 0 aliphatic carbocycles. The van der Waals surface area contributed by atoms with E-state index in [9.17, 15) is 24.6 Å². The second-order valence-electron chi connectivity index (χ2n) is 23.1. The van der Waals surface area contributed by atoms with Crippen LogP contribution in [0.4, 0.5) is 0 Å². The number of phenolic OH excluding ortho intramolecular Hbond substituents is 1. The molecule has 20 nitrogen and oxygen atoms in total. The number of ether oxygens (including phenoxy) is 6. The summed E-state index contributed by atoms with van der Waals surface area (Å²) in [5.74, 6) is -0.681. The number of aryl methyl sites for hydroxylation is 3. The number of benzene rings is 9. The summed E-state index contributed by atoms with van der Waals surface area (Å²) in [5, 5.41) is 44.1. The average molecular weight is 1730 g/mol. The van der Waals surface area contributed by atoms with Crippen LogP contribution in [0.15, 0.2) is 255 Å². The van der Waals surface area contributed by atoms with Crippen LogP contribution in [0.5, 0.6) is 17.2 Å². The van der Waals surface area contributed by atoms with E-state index in [-0.39, 0.29) is 171 Å². The van der Waals surface area contributed by atoms with Gasteiger partial charge in [-0.15, -0.1) is 0 Å². The number of carboxylic acid groups (broad SMARTS) is 1. The van der Waals surface area contributed by atoms with E-state index in [0.29, 0.717) is 68.5 Å². The van der Waals surface area contributed by atoms with E-state index in [2.05, 4.69) is 30.7 Å². The number of phenols is 1. The summed E-state index contributed by atoms with van der Waals surface area (Å²) in [7, 11) is 4.40. The van der Waals surface area contributed by atoms with Crippen LogP contribution in [-0.2, 0) is 62.6 Å². The molecule has 0 spiro atoms. The quantitative estimate of drug-likeness (QED) is 0.0169. The van der Waals surface area contributed by atoms with Crippen molar-refractivity contribution in [1.29, 1.82) is 0 Å². The van der Waals surface area contributed by atoms with Crippen LogP contribution in [0.2, 0.25) is 15.1 Å². The number of aliphatic carboxylic acids is 1. The van der Waals surface area contributed by atoms with Gasteiger partial charge in [0.25, 0.3) is 6.47 Å². The summed E-state index contributed by atoms with van der Waals surface area (Å²) in [4.78, 5) is 46.5. The Kier molecular flexibility index (Phi) is 50.5. The van der Waals surface area contributed by atoms with E-state index in [1.165, 1.54) is 14.2 Å². The largest absolute Gasteiger partial charge is 1.00 e. The molecule has 0 amide bonds. The maximum Gasteiger partial charge on any atom is 1.00 e. The third-order valence-corrected chi connectivity index (χ3v) is 17.7. The molecule has 13 rings (SSSR count). The second-order valence-corrected chi connectivity index (χ2v) is 25.3. The number of hydrogen-bond acceptors (Lipinski definition) is 16. The zero-order valence-electron chi connectivity index (χ0n) is 62.4. The molecular formula is C88H100BrCl3K2N6O14. The number of esters is 2. The topological polar surface area (TPSA) is 250 Å². The predicted octanol–water partition coefficient (Wildman–Crippen LogP) is 15.7. The number of carboxylic acids is 1. The van der Waals surface area contributed by atoms with E-state index < -0.39 is 24.1 Å². The Balaban J connectivity index is 0.00000146. The normalized spacial score (nSPS) is 11.9. The molecule has 4 atom stereocenters. The molecule has 0 bridgehead atoms. The zero-order chi connectivity index (χ0) is 76.6. The Morgan fingerprint density at radius 1 is 0.509 bits per heavy atom. The fourth-order valence-corrected chi connectivity index (χ4v) is 11.9. The predicted molar refractivity (Wildman–Crippen MR) is 450 cm³/mol. The molecular weight excluding hydrogens is 1630 g/mol. The minimum Gasteiger partial charge on any atom is -1.00 e. The third-order valence-electron chi connectivity index (χ3n) is 16.1. The Morgan fingerprint density at radius 3 is 1.15 bits per heavy atom. The van der Waals surface area contributed by atoms with E-state index in [4.69, 9.17) is 78.7 Å². The van der Waals surface area contributed by atoms with Crippen LogP contribution in [-0.4, -0.2) is 98.2 Å². The van der Waals surface area contributed by atoms with Crippen molar-refractivity contribution in [2.45, 2.75) is 114 Å². The van der Waals surface area contributed by atoms with Crippen molar-refractivity contribution in [1.82, 2.24) is 29.3 Å². The number of halogens is 4. The smallest absolute Gasteiger partial charge is 1.00 e. The summed E-state index contributed by atoms with van der Waals surface area (Å²) >= 11 is 21.9. The molecule has 114 heavy (non-hydrogen) atoms. The zero-order valence-corrected chi connectivity index (χ0v) is 71.5. The molecule has 1 aliphatic heterocycles. The molecule has 26 heteroatoms. The van der Waals surface area contributed by atoms with Gasteiger partial charge in [0, 0.05) is 99.3 Å². The van der Waals surface area contributed by atoms with Gasteiger partial charge in [-0.3, -0.25) is 23.6 Å². The first-order chi connectivity index (χ1) is 51.9. The third kappa shape index (κ3) is 30.5. The minimum atomic E-state index is -1.15. The van der Waals surface area contributed by atoms with Gasteiger partial charge in [0.05, 0.1) is 48.4 Å². The number of carbonyl (C=O) groups excluding carboxylic acids is 3. The molecule has 12 aromatic rings. The van der Waals surface area contributed by atoms with E-state index >= 15 is 0 Å². The van der Waals surface area contributed by atoms with E-state index in [1.54, 1.807) is 79.9 Å². The fourth-order valence-electron chi connectivity index (χ4n) is 10.9. The molecule has 4 unspecified atom stereocenters. The minimum absolute atomic E-state index is 0. The van der Waals surface area contributed by atoms with Gasteiger partial charge in [-0.2, -0.15) is 15.3 Å². The molecule has 2 N–H and O–H groups in total. The number of nitrogens with zero attached hydrogens (tertiary/aromatic N) is 6. The van der Waals surface area contributed by atoms with Gasteiger partial charge in [-0.1, -0.05) is 270 Å². The first kappa shape index (κ1) is 104. The molecule has 1 aliphatic rings. The van der Waals surface area contributed by atoms with Gasteiger partial charge < -0.3 is 50.2 Å². The van der Waals surface area contributed by atoms with E-state index in [0.717, 1.165) is 81.4 Å². The van der Waals surface area contributed by atoms with Crippen LogP contribution < -0.4 is 118 Å². The van der Waals surface area contributed by atoms with Crippen molar-refractivity contribution >= 4 is 75.1 Å². The van der Waals surface area contributed by atoms with E-state index in [1.807, 2.05) is 217 Å². The van der Waals surface area contributed by atoms with Crippen LogP contribution >= 0.6 is 50.7 Å². The second kappa shape index (κ2) is 55.1. The fraction of sp³-hybridized carbons (Fsp3) is 0.239. The summed E-state index contributed by atoms with van der Waals surface area (Å²) in [6.07, 6.45) is 0.259. The molecule has 3 aromatic heterocycles. The van der Waals surface area contributed by atoms with Gasteiger partial charge in [-0.05, 0) is 106 Å². The Hall–Kier alpha value is -7.61. The van der Waals surface area contributed by atoms with Gasteiger partial charge >= 0.3 is 121 Å². The van der Waals surface area contributed by atoms with Crippen molar-refractivity contribution in [3.05, 3.63) is 287 Å². The van der Waals surface area contributed by atoms with Gasteiger partial charge in [0.15, 0.2) is 6.29 Å². The first-order valence-corrected chi connectivity index (χ1v) is 35.9. The molecule has 0 radical (unpaired) electrons. The molecule has 4 heterocycles. The maximum absolute atomic E-state index is 12.6. The summed E-state index contributed by atoms with van der Waals surface area (Å²) in [5.41, 5.74) is 12.4. The number of aromatic hydroxyl groups is 1. The van der Waals surface area contributed by atoms with Crippen molar-refractivity contribution < 1.29 is 172 Å². The number of hydrogen-bond donors (Lipinski definition) is 2. The Labute approximate surface area is 780 Å². The summed E-state index contributed by atoms with van der Waals surface area (Å²) in [6, 6.07) is 78.9. The van der Waals surface area contributed by atoms with Gasteiger partial charge in [-0.25, -0.2) is 9.59 Å². The maximum atomic E-state index is 12.6. The molecule has 1 saturated heterocycles. The number of alkyl halides is 1. The van der Waals surface area contributed by atoms with Crippen molar-refractivity contribution in [2.75, 3.05) is 27.9 Å². The van der Waals surface area contributed by atoms with Crippen LogP contribution in [0.25, 0.3) is 67.5 Å². The summed E-state index contributed by atoms with van der Waals surface area (Å²) in [6.45, 7) is 8.75. The standard InChI is InChI=1S/C26H23ClN2O3.C25H21ClN2O3.C17H15ClN2O.C9H9BrO2.C5H10O2.CH2O3.5CH4.2K.H/c1-3-29-23(17-22(28-29)18-10-6-4-7-11-18)21-16-20(27)14-15-24(21)32-25(26(30)31-2)19-12-8-5-9-13-19;1-2-28-22(16-21(27-28)17-9-5-3-6-10-17)20-15-19(26)13-14-23(20)31-24(25(29)30)18-11-7-4-8-12-18;1-2-20-16(14-10-13(18)8-9-17(14)21)11-15(19-20)12-6-4-3-5-7-12;1-12-9(11)8(10)7-5-3-2-4-6-7;1-6-5-3-2-4-7-5;2-1-4-3;;;;;;;;/h4-17,25H,3H2,1-2H3;3-16,24H,2H2,1H3,(H,29,30);3-11,21H,2H2,1H3;2-6,8H,1H3;5H,2-4H2,1H3;1,3H;5*1H4;;;/q;;;;;;;;;;;2*+1;-1/p-1. The molecule has 0 saturated carbocycles. The summed E-state index contributed by atoms with van der Waals surface area (Å²) < 4.78 is 37.4. The number of carbonyl (C=O) groups is 4. The van der Waals surface area contributed by atoms with Crippen molar-refractivity contribution in [3.8, 4) is 84.8 Å². The van der Waals surface area contributed by atoms with Crippen LogP contribution in [0.1, 0.15) is 106 Å². The number of aromatic nitrogens is 6. The molecule has 9 aromatic carbocycles. The Morgan fingerprint density at radius 2 is 0.833 bits per heavy atom. The molecule has 1 fully saturated rings. The number of methoxy groups -OCH3 is 3. The van der Waals surface area contributed by atoms with Gasteiger partial charge in [0.2, 0.25) is 12.2 Å². The average Bonchev–Trinajstić information content (AvgIpc) is 1.69. The Bertz CT molecular complexity index is 4770. The van der Waals surface area contributed by atoms with Crippen molar-refractivity contribution in [3.63, 3.8) is 0 Å². The molecule has 596 valence electrons. The monoisotopic (exact) mass is 1730 g/mol. The van der Waals surface area contributed by atoms with Gasteiger partial charge in [0.1, 0.15) is 22.1 Å². The van der Waals surface area contributed by atoms with Crippen molar-refractivity contribution in [2.24, 2.45) is 0 Å². The SMILES string of the molecule is C.C.C.C.C.CCn1nc(-c2ccccc2)cc1-c1cc(Cl)ccc1O.CCn1nc(-c2ccccc2)cc1-c1cc(Cl)ccc1OC(C(=O)O)c1ccccc1.CCn1nc(-c2ccccc2)cc1-c1cc(Cl)ccc1OC(C(=O)OC)c1ccccc1.COC(=O)C(Br)c1ccccc1.COC1CCCO1.O=CO[O-].[H-].[K+].[K+]. The number of rotatable bonds is 21.